The molecule has 0 saturated carbocycles. The van der Waals surface area contributed by atoms with E-state index >= 15 is 0 Å². The van der Waals surface area contributed by atoms with Crippen molar-refractivity contribution in [2.45, 2.75) is 19.9 Å². The van der Waals surface area contributed by atoms with Gasteiger partial charge in [-0.2, -0.15) is 4.98 Å². The number of carbonyl (C=O) groups is 1. The van der Waals surface area contributed by atoms with E-state index in [1.54, 1.807) is 18.3 Å². The highest BCUT2D eigenvalue weighted by atomic mass is 16.5. The van der Waals surface area contributed by atoms with Crippen molar-refractivity contribution in [2.24, 2.45) is 0 Å². The van der Waals surface area contributed by atoms with E-state index in [1.165, 1.54) is 0 Å². The van der Waals surface area contributed by atoms with E-state index in [1.807, 2.05) is 37.3 Å². The molecule has 2 heterocycles. The Kier molecular flexibility index (Phi) is 5.36. The summed E-state index contributed by atoms with van der Waals surface area (Å²) in [7, 11) is 0. The number of hydrogen-bond acceptors (Lipinski definition) is 6. The summed E-state index contributed by atoms with van der Waals surface area (Å²) in [4.78, 5) is 20.4. The molecule has 1 amide bonds. The number of amides is 1. The van der Waals surface area contributed by atoms with Crippen LogP contribution in [0.3, 0.4) is 0 Å². The van der Waals surface area contributed by atoms with Crippen LogP contribution in [0.1, 0.15) is 18.4 Å². The number of benzene rings is 1. The smallest absolute Gasteiger partial charge is 0.246 e. The van der Waals surface area contributed by atoms with Gasteiger partial charge in [-0.25, -0.2) is 4.98 Å². The van der Waals surface area contributed by atoms with E-state index < -0.39 is 0 Å². The van der Waals surface area contributed by atoms with Crippen LogP contribution in [0.25, 0.3) is 11.4 Å². The van der Waals surface area contributed by atoms with Gasteiger partial charge in [-0.05, 0) is 18.6 Å². The number of hydrogen-bond donors (Lipinski definition) is 1. The second kappa shape index (κ2) is 8.05. The van der Waals surface area contributed by atoms with Crippen LogP contribution in [-0.4, -0.2) is 27.6 Å². The van der Waals surface area contributed by atoms with Crippen molar-refractivity contribution in [1.29, 1.82) is 0 Å². The quantitative estimate of drug-likeness (QED) is 0.711. The standard InChI is InChI=1S/C18H18N4O3/c1-2-24-16-9-8-14(11-20-16)18-21-17(25-22-18)12-19-15(23)10-13-6-4-3-5-7-13/h3-9,11H,2,10,12H2,1H3,(H,19,23). The lowest BCUT2D eigenvalue weighted by atomic mass is 10.1. The zero-order chi connectivity index (χ0) is 17.5. The molecule has 0 fully saturated rings. The fraction of sp³-hybridized carbons (Fsp3) is 0.222. The minimum Gasteiger partial charge on any atom is -0.478 e. The molecule has 0 radical (unpaired) electrons. The van der Waals surface area contributed by atoms with Gasteiger partial charge in [0.1, 0.15) is 0 Å². The maximum Gasteiger partial charge on any atom is 0.246 e. The lowest BCUT2D eigenvalue weighted by Gasteiger charge is -2.02. The number of pyridine rings is 1. The lowest BCUT2D eigenvalue weighted by molar-refractivity contribution is -0.120. The number of rotatable bonds is 7. The predicted octanol–water partition coefficient (Wildman–Crippen LogP) is 2.39. The molecule has 3 rings (SSSR count). The summed E-state index contributed by atoms with van der Waals surface area (Å²) in [6, 6.07) is 13.1. The van der Waals surface area contributed by atoms with Crippen LogP contribution in [0, 0.1) is 0 Å². The monoisotopic (exact) mass is 338 g/mol. The summed E-state index contributed by atoms with van der Waals surface area (Å²) >= 11 is 0. The lowest BCUT2D eigenvalue weighted by Crippen LogP contribution is -2.24. The van der Waals surface area contributed by atoms with Gasteiger partial charge in [-0.3, -0.25) is 4.79 Å². The largest absolute Gasteiger partial charge is 0.478 e. The zero-order valence-corrected chi connectivity index (χ0v) is 13.8. The van der Waals surface area contributed by atoms with E-state index in [-0.39, 0.29) is 12.5 Å². The van der Waals surface area contributed by atoms with Crippen molar-refractivity contribution in [2.75, 3.05) is 6.61 Å². The van der Waals surface area contributed by atoms with Gasteiger partial charge in [0.25, 0.3) is 0 Å². The van der Waals surface area contributed by atoms with Crippen LogP contribution >= 0.6 is 0 Å². The number of nitrogens with one attached hydrogen (secondary N) is 1. The number of carbonyl (C=O) groups excluding carboxylic acids is 1. The van der Waals surface area contributed by atoms with E-state index in [2.05, 4.69) is 20.4 Å². The molecule has 0 bridgehead atoms. The Bertz CT molecular complexity index is 816. The molecule has 0 aliphatic carbocycles. The maximum absolute atomic E-state index is 11.9. The minimum absolute atomic E-state index is 0.103. The highest BCUT2D eigenvalue weighted by Gasteiger charge is 2.11. The van der Waals surface area contributed by atoms with Crippen molar-refractivity contribution in [1.82, 2.24) is 20.4 Å². The van der Waals surface area contributed by atoms with Crippen molar-refractivity contribution in [3.8, 4) is 17.3 Å². The molecule has 0 spiro atoms. The second-order valence-corrected chi connectivity index (χ2v) is 5.27. The molecule has 128 valence electrons. The Hall–Kier alpha value is -3.22. The summed E-state index contributed by atoms with van der Waals surface area (Å²) in [5.74, 6) is 1.20. The normalized spacial score (nSPS) is 10.4. The molecular formula is C18H18N4O3. The van der Waals surface area contributed by atoms with Crippen molar-refractivity contribution < 1.29 is 14.1 Å². The highest BCUT2D eigenvalue weighted by Crippen LogP contribution is 2.17. The van der Waals surface area contributed by atoms with Crippen molar-refractivity contribution >= 4 is 5.91 Å². The molecule has 0 unspecified atom stereocenters. The summed E-state index contributed by atoms with van der Waals surface area (Å²) in [6.45, 7) is 2.64. The first kappa shape index (κ1) is 16.6. The van der Waals surface area contributed by atoms with Gasteiger partial charge in [-0.15, -0.1) is 0 Å². The third-order valence-corrected chi connectivity index (χ3v) is 3.40. The fourth-order valence-corrected chi connectivity index (χ4v) is 2.21. The van der Waals surface area contributed by atoms with Gasteiger partial charge in [-0.1, -0.05) is 35.5 Å². The van der Waals surface area contributed by atoms with Crippen molar-refractivity contribution in [3.63, 3.8) is 0 Å². The number of nitrogens with zero attached hydrogens (tertiary/aromatic N) is 3. The van der Waals surface area contributed by atoms with E-state index in [4.69, 9.17) is 9.26 Å². The Labute approximate surface area is 145 Å². The molecule has 0 saturated heterocycles. The topological polar surface area (TPSA) is 90.1 Å². The van der Waals surface area contributed by atoms with Crippen LogP contribution < -0.4 is 10.1 Å². The molecule has 2 aromatic heterocycles. The first-order valence-electron chi connectivity index (χ1n) is 7.97. The second-order valence-electron chi connectivity index (χ2n) is 5.27. The molecule has 1 aromatic carbocycles. The molecule has 3 aromatic rings. The summed E-state index contributed by atoms with van der Waals surface area (Å²) in [6.07, 6.45) is 1.93. The Morgan fingerprint density at radius 3 is 2.76 bits per heavy atom. The third-order valence-electron chi connectivity index (χ3n) is 3.40. The van der Waals surface area contributed by atoms with Crippen LogP contribution in [0.15, 0.2) is 53.2 Å². The fourth-order valence-electron chi connectivity index (χ4n) is 2.21. The first-order chi connectivity index (χ1) is 12.2. The molecule has 7 heteroatoms. The van der Waals surface area contributed by atoms with Crippen molar-refractivity contribution in [3.05, 3.63) is 60.1 Å². The molecular weight excluding hydrogens is 320 g/mol. The average molecular weight is 338 g/mol. The summed E-state index contributed by atoms with van der Waals surface area (Å²) in [5, 5.41) is 6.67. The SMILES string of the molecule is CCOc1ccc(-c2noc(CNC(=O)Cc3ccccc3)n2)cn1. The predicted molar refractivity (Wildman–Crippen MR) is 90.7 cm³/mol. The summed E-state index contributed by atoms with van der Waals surface area (Å²) in [5.41, 5.74) is 1.67. The molecule has 0 aliphatic rings. The average Bonchev–Trinajstić information content (AvgIpc) is 3.11. The molecule has 0 atom stereocenters. The summed E-state index contributed by atoms with van der Waals surface area (Å²) < 4.78 is 10.5. The van der Waals surface area contributed by atoms with Crippen LogP contribution in [-0.2, 0) is 17.8 Å². The Balaban J connectivity index is 1.55. The van der Waals surface area contributed by atoms with Gasteiger partial charge >= 0.3 is 0 Å². The van der Waals surface area contributed by atoms with Gasteiger partial charge in [0.2, 0.25) is 23.5 Å². The molecule has 1 N–H and O–H groups in total. The minimum atomic E-state index is -0.103. The first-order valence-corrected chi connectivity index (χ1v) is 7.97. The number of aromatic nitrogens is 3. The van der Waals surface area contributed by atoms with Gasteiger partial charge in [0.15, 0.2) is 0 Å². The van der Waals surface area contributed by atoms with E-state index in [0.717, 1.165) is 5.56 Å². The van der Waals surface area contributed by atoms with Gasteiger partial charge in [0.05, 0.1) is 19.6 Å². The van der Waals surface area contributed by atoms with Gasteiger partial charge < -0.3 is 14.6 Å². The van der Waals surface area contributed by atoms with Crippen LogP contribution in [0.2, 0.25) is 0 Å². The van der Waals surface area contributed by atoms with E-state index in [9.17, 15) is 4.79 Å². The van der Waals surface area contributed by atoms with Crippen LogP contribution in [0.5, 0.6) is 5.88 Å². The molecule has 25 heavy (non-hydrogen) atoms. The Morgan fingerprint density at radius 1 is 1.20 bits per heavy atom. The third kappa shape index (κ3) is 4.63. The molecule has 7 nitrogen and oxygen atoms in total. The number of ether oxygens (including phenoxy) is 1. The highest BCUT2D eigenvalue weighted by molar-refractivity contribution is 5.78. The zero-order valence-electron chi connectivity index (χ0n) is 13.8. The maximum atomic E-state index is 11.9. The van der Waals surface area contributed by atoms with Gasteiger partial charge in [0, 0.05) is 17.8 Å². The molecule has 0 aliphatic heterocycles. The van der Waals surface area contributed by atoms with E-state index in [0.29, 0.717) is 36.2 Å². The van der Waals surface area contributed by atoms with Crippen LogP contribution in [0.4, 0.5) is 0 Å². The Morgan fingerprint density at radius 2 is 2.04 bits per heavy atom.